The van der Waals surface area contributed by atoms with Gasteiger partial charge in [0, 0.05) is 23.0 Å². The molecule has 2 aliphatic carbocycles. The number of carbonyl (C=O) groups excluding carboxylic acids is 1. The van der Waals surface area contributed by atoms with E-state index in [1.54, 1.807) is 0 Å². The van der Waals surface area contributed by atoms with E-state index in [0.29, 0.717) is 18.0 Å². The Labute approximate surface area is 123 Å². The molecule has 0 aromatic carbocycles. The lowest BCUT2D eigenvalue weighted by Crippen LogP contribution is -2.38. The highest BCUT2D eigenvalue weighted by Crippen LogP contribution is 2.63. The van der Waals surface area contributed by atoms with Crippen molar-refractivity contribution < 1.29 is 4.79 Å². The Morgan fingerprint density at radius 1 is 1.53 bits per heavy atom. The molecule has 19 heavy (non-hydrogen) atoms. The molecule has 1 atom stereocenters. The van der Waals surface area contributed by atoms with Crippen molar-refractivity contribution in [3.05, 3.63) is 16.1 Å². The van der Waals surface area contributed by atoms with Crippen molar-refractivity contribution in [1.82, 2.24) is 9.27 Å². The molecule has 1 amide bonds. The molecule has 104 valence electrons. The lowest BCUT2D eigenvalue weighted by Gasteiger charge is -2.32. The molecule has 1 spiro atoms. The van der Waals surface area contributed by atoms with Crippen LogP contribution in [-0.4, -0.2) is 27.1 Å². The number of amides is 1. The summed E-state index contributed by atoms with van der Waals surface area (Å²) in [7, 11) is 0. The molecule has 1 unspecified atom stereocenters. The fourth-order valence-corrected chi connectivity index (χ4v) is 4.14. The van der Waals surface area contributed by atoms with Crippen molar-refractivity contribution >= 4 is 29.0 Å². The predicted molar refractivity (Wildman–Crippen MR) is 77.5 cm³/mol. The van der Waals surface area contributed by atoms with Crippen LogP contribution in [0.4, 0.5) is 0 Å². The molecule has 2 saturated carbocycles. The number of nitrogens with zero attached hydrogens (tertiary/aromatic N) is 2. The largest absolute Gasteiger partial charge is 0.334 e. The summed E-state index contributed by atoms with van der Waals surface area (Å²) in [6.07, 6.45) is 5.05. The smallest absolute Gasteiger partial charge is 0.238 e. The maximum atomic E-state index is 12.1. The number of halogens is 1. The molecule has 2 fully saturated rings. The van der Waals surface area contributed by atoms with Gasteiger partial charge in [-0.1, -0.05) is 6.42 Å². The van der Waals surface area contributed by atoms with Crippen LogP contribution < -0.4 is 0 Å². The Hall–Kier alpha value is -0.610. The minimum absolute atomic E-state index is 0.0699. The van der Waals surface area contributed by atoms with E-state index in [-0.39, 0.29) is 11.8 Å². The minimum atomic E-state index is 0.0699. The number of hydrogen-bond donors (Lipinski definition) is 0. The number of alkyl halides is 1. The van der Waals surface area contributed by atoms with Gasteiger partial charge in [0.1, 0.15) is 5.88 Å². The van der Waals surface area contributed by atoms with E-state index < -0.39 is 0 Å². The van der Waals surface area contributed by atoms with Crippen molar-refractivity contribution in [3.8, 4) is 0 Å². The Kier molecular flexibility index (Phi) is 3.34. The Morgan fingerprint density at radius 3 is 2.68 bits per heavy atom. The van der Waals surface area contributed by atoms with E-state index in [4.69, 9.17) is 11.6 Å². The second-order valence-electron chi connectivity index (χ2n) is 5.89. The van der Waals surface area contributed by atoms with Gasteiger partial charge in [-0.05, 0) is 50.1 Å². The van der Waals surface area contributed by atoms with Gasteiger partial charge in [0.05, 0.1) is 5.69 Å². The van der Waals surface area contributed by atoms with E-state index in [9.17, 15) is 4.79 Å². The fourth-order valence-electron chi connectivity index (χ4n) is 3.28. The van der Waals surface area contributed by atoms with Crippen molar-refractivity contribution in [3.63, 3.8) is 0 Å². The summed E-state index contributed by atoms with van der Waals surface area (Å²) in [4.78, 5) is 15.4. The average molecular weight is 299 g/mol. The molecule has 0 aliphatic heterocycles. The van der Waals surface area contributed by atoms with Crippen molar-refractivity contribution in [1.29, 1.82) is 0 Å². The van der Waals surface area contributed by atoms with Crippen LogP contribution in [0.3, 0.4) is 0 Å². The first kappa shape index (κ1) is 13.4. The van der Waals surface area contributed by atoms with Gasteiger partial charge in [0.25, 0.3) is 0 Å². The van der Waals surface area contributed by atoms with Gasteiger partial charge in [0.2, 0.25) is 5.91 Å². The third-order valence-corrected chi connectivity index (χ3v) is 5.93. The van der Waals surface area contributed by atoms with Gasteiger partial charge in [0.15, 0.2) is 0 Å². The van der Waals surface area contributed by atoms with Gasteiger partial charge in [-0.25, -0.2) is 0 Å². The van der Waals surface area contributed by atoms with Crippen LogP contribution >= 0.6 is 23.1 Å². The van der Waals surface area contributed by atoms with Crippen LogP contribution in [0, 0.1) is 19.3 Å². The molecule has 0 N–H and O–H groups in total. The Balaban J connectivity index is 1.79. The molecule has 1 aromatic heterocycles. The van der Waals surface area contributed by atoms with Gasteiger partial charge >= 0.3 is 0 Å². The van der Waals surface area contributed by atoms with Crippen LogP contribution in [0.5, 0.6) is 0 Å². The van der Waals surface area contributed by atoms with Gasteiger partial charge < -0.3 is 4.90 Å². The van der Waals surface area contributed by atoms with Crippen molar-refractivity contribution in [2.45, 2.75) is 52.1 Å². The first-order valence-electron chi connectivity index (χ1n) is 6.84. The summed E-state index contributed by atoms with van der Waals surface area (Å²) in [5.41, 5.74) is 2.72. The summed E-state index contributed by atoms with van der Waals surface area (Å²) in [6, 6.07) is 0.422. The molecule has 3 nitrogen and oxygen atoms in total. The molecule has 0 radical (unpaired) electrons. The number of carbonyl (C=O) groups is 1. The summed E-state index contributed by atoms with van der Waals surface area (Å²) in [6.45, 7) is 4.79. The van der Waals surface area contributed by atoms with Crippen LogP contribution in [-0.2, 0) is 11.3 Å². The lowest BCUT2D eigenvalue weighted by molar-refractivity contribution is -0.130. The quantitative estimate of drug-likeness (QED) is 0.799. The number of aryl methyl sites for hydroxylation is 2. The zero-order valence-corrected chi connectivity index (χ0v) is 13.0. The molecule has 3 rings (SSSR count). The van der Waals surface area contributed by atoms with E-state index in [0.717, 1.165) is 5.69 Å². The van der Waals surface area contributed by atoms with Crippen molar-refractivity contribution in [2.24, 2.45) is 5.41 Å². The monoisotopic (exact) mass is 298 g/mol. The average Bonchev–Trinajstić information content (AvgIpc) is 3.04. The van der Waals surface area contributed by atoms with Crippen LogP contribution in [0.2, 0.25) is 0 Å². The zero-order valence-electron chi connectivity index (χ0n) is 11.4. The second kappa shape index (κ2) is 4.74. The minimum Gasteiger partial charge on any atom is -0.334 e. The van der Waals surface area contributed by atoms with E-state index in [2.05, 4.69) is 11.3 Å². The summed E-state index contributed by atoms with van der Waals surface area (Å²) >= 11 is 7.31. The Morgan fingerprint density at radius 2 is 2.26 bits per heavy atom. The normalized spacial score (nSPS) is 23.2. The molecule has 0 saturated heterocycles. The molecule has 0 bridgehead atoms. The van der Waals surface area contributed by atoms with E-state index in [1.165, 1.54) is 47.7 Å². The highest BCUT2D eigenvalue weighted by molar-refractivity contribution is 7.05. The maximum Gasteiger partial charge on any atom is 0.238 e. The molecular formula is C14H19ClN2OS. The summed E-state index contributed by atoms with van der Waals surface area (Å²) in [5.74, 6) is 0.155. The molecular weight excluding hydrogens is 280 g/mol. The van der Waals surface area contributed by atoms with Gasteiger partial charge in [-0.15, -0.1) is 11.6 Å². The SMILES string of the molecule is Cc1nsc(C)c1CN(C(=O)CCl)C1CC12CCC2. The lowest BCUT2D eigenvalue weighted by atomic mass is 9.81. The predicted octanol–water partition coefficient (Wildman–Crippen LogP) is 3.27. The fraction of sp³-hybridized carbons (Fsp3) is 0.714. The van der Waals surface area contributed by atoms with Crippen molar-refractivity contribution in [2.75, 3.05) is 5.88 Å². The standard InChI is InChI=1S/C14H19ClN2OS/c1-9-11(10(2)19-16-9)8-17(13(18)7-15)12-6-14(12)4-3-5-14/h12H,3-8H2,1-2H3. The molecule has 5 heteroatoms. The molecule has 1 aromatic rings. The summed E-state index contributed by atoms with van der Waals surface area (Å²) in [5, 5.41) is 0. The number of rotatable bonds is 4. The van der Waals surface area contributed by atoms with Crippen LogP contribution in [0.15, 0.2) is 0 Å². The van der Waals surface area contributed by atoms with Gasteiger partial charge in [-0.3, -0.25) is 4.79 Å². The van der Waals surface area contributed by atoms with E-state index >= 15 is 0 Å². The van der Waals surface area contributed by atoms with Crippen LogP contribution in [0.25, 0.3) is 0 Å². The number of aromatic nitrogens is 1. The molecule has 1 heterocycles. The first-order chi connectivity index (χ1) is 9.07. The third-order valence-electron chi connectivity index (χ3n) is 4.82. The molecule has 2 aliphatic rings. The highest BCUT2D eigenvalue weighted by Gasteiger charge is 2.60. The third kappa shape index (κ3) is 2.19. The van der Waals surface area contributed by atoms with E-state index in [1.807, 2.05) is 11.8 Å². The zero-order chi connectivity index (χ0) is 13.6. The first-order valence-corrected chi connectivity index (χ1v) is 8.15. The second-order valence-corrected chi connectivity index (χ2v) is 7.14. The van der Waals surface area contributed by atoms with Crippen LogP contribution in [0.1, 0.15) is 41.8 Å². The summed E-state index contributed by atoms with van der Waals surface area (Å²) < 4.78 is 4.38. The highest BCUT2D eigenvalue weighted by atomic mass is 35.5. The number of hydrogen-bond acceptors (Lipinski definition) is 3. The van der Waals surface area contributed by atoms with Gasteiger partial charge in [-0.2, -0.15) is 4.37 Å². The topological polar surface area (TPSA) is 33.2 Å². The maximum absolute atomic E-state index is 12.1. The Bertz CT molecular complexity index is 490.